The van der Waals surface area contributed by atoms with Crippen LogP contribution in [0.5, 0.6) is 0 Å². The first-order valence-electron chi connectivity index (χ1n) is 10.4. The first-order chi connectivity index (χ1) is 15.6. The second-order valence-electron chi connectivity index (χ2n) is 8.07. The van der Waals surface area contributed by atoms with Crippen molar-refractivity contribution in [3.05, 3.63) is 82.4 Å². The zero-order chi connectivity index (χ0) is 21.8. The molecule has 0 fully saturated rings. The zero-order valence-electron chi connectivity index (χ0n) is 17.7. The van der Waals surface area contributed by atoms with Gasteiger partial charge in [-0.25, -0.2) is 14.5 Å². The first kappa shape index (κ1) is 18.9. The van der Waals surface area contributed by atoms with Crippen LogP contribution in [0.2, 0.25) is 0 Å². The molecule has 1 aliphatic heterocycles. The third-order valence-corrected chi connectivity index (χ3v) is 6.69. The Kier molecular flexibility index (Phi) is 4.22. The van der Waals surface area contributed by atoms with Crippen molar-refractivity contribution in [2.24, 2.45) is 0 Å². The molecule has 8 heteroatoms. The summed E-state index contributed by atoms with van der Waals surface area (Å²) >= 11 is 1.59. The molecule has 7 nitrogen and oxygen atoms in total. The number of nitrogens with zero attached hydrogens (tertiary/aromatic N) is 6. The quantitative estimate of drug-likeness (QED) is 0.382. The molecule has 5 aromatic rings. The lowest BCUT2D eigenvalue weighted by atomic mass is 10.1. The average molecular weight is 441 g/mol. The molecule has 1 aliphatic rings. The predicted octanol–water partition coefficient (Wildman–Crippen LogP) is 4.59. The monoisotopic (exact) mass is 440 g/mol. The fraction of sp³-hybridized carbons (Fsp3) is 0.167. The number of hydrogen-bond donors (Lipinski definition) is 0. The molecule has 0 N–H and O–H groups in total. The maximum atomic E-state index is 12.1. The third-order valence-electron chi connectivity index (χ3n) is 5.81. The molecule has 0 saturated carbocycles. The molecule has 0 radical (unpaired) electrons. The second-order valence-corrected chi connectivity index (χ2v) is 9.01. The summed E-state index contributed by atoms with van der Waals surface area (Å²) in [4.78, 5) is 24.5. The van der Waals surface area contributed by atoms with Gasteiger partial charge in [-0.2, -0.15) is 5.10 Å². The summed E-state index contributed by atoms with van der Waals surface area (Å²) in [5.74, 6) is 0.699. The number of carbonyl (C=O) groups excluding carboxylic acids is 1. The van der Waals surface area contributed by atoms with E-state index in [1.54, 1.807) is 11.3 Å². The molecular formula is C24H20N6OS. The largest absolute Gasteiger partial charge is 0.361 e. The van der Waals surface area contributed by atoms with Gasteiger partial charge in [0.15, 0.2) is 6.29 Å². The summed E-state index contributed by atoms with van der Waals surface area (Å²) in [6.45, 7) is 5.48. The number of fused-ring (bicyclic) bond motifs is 2. The molecule has 158 valence electrons. The normalized spacial score (nSPS) is 13.1. The summed E-state index contributed by atoms with van der Waals surface area (Å²) in [6, 6.07) is 10.00. The van der Waals surface area contributed by atoms with Crippen molar-refractivity contribution in [2.45, 2.75) is 26.9 Å². The number of aryl methyl sites for hydroxylation is 2. The van der Waals surface area contributed by atoms with Crippen molar-refractivity contribution in [1.29, 1.82) is 0 Å². The maximum Gasteiger partial charge on any atom is 0.234 e. The van der Waals surface area contributed by atoms with Gasteiger partial charge in [0, 0.05) is 43.1 Å². The summed E-state index contributed by atoms with van der Waals surface area (Å²) in [5.41, 5.74) is 7.61. The highest BCUT2D eigenvalue weighted by molar-refractivity contribution is 7.13. The first-order valence-corrected chi connectivity index (χ1v) is 11.3. The minimum Gasteiger partial charge on any atom is -0.361 e. The summed E-state index contributed by atoms with van der Waals surface area (Å²) < 4.78 is 3.83. The standard InChI is InChI=1S/C24H20N6OS/c1-15-9-16(2)26-24(25-15)29-12-17-10-28(11-18(17)13-29)20-5-3-7-30-23(20)19(14-31)22(27-30)21-6-4-8-32-21/h3-9,12-14H,10-11H2,1-2H3. The molecule has 6 rings (SSSR count). The summed E-state index contributed by atoms with van der Waals surface area (Å²) in [7, 11) is 0. The van der Waals surface area contributed by atoms with Crippen molar-refractivity contribution >= 4 is 28.8 Å². The average Bonchev–Trinajstić information content (AvgIpc) is 3.54. The minimum atomic E-state index is 0.633. The molecule has 0 atom stereocenters. The predicted molar refractivity (Wildman–Crippen MR) is 125 cm³/mol. The Hall–Kier alpha value is -3.78. The Morgan fingerprint density at radius 3 is 2.44 bits per heavy atom. The van der Waals surface area contributed by atoms with Crippen molar-refractivity contribution in [2.75, 3.05) is 4.90 Å². The number of hydrogen-bond acceptors (Lipinski definition) is 6. The Balaban J connectivity index is 1.38. The lowest BCUT2D eigenvalue weighted by Gasteiger charge is -2.19. The van der Waals surface area contributed by atoms with E-state index in [9.17, 15) is 4.79 Å². The van der Waals surface area contributed by atoms with Gasteiger partial charge in [0.1, 0.15) is 11.2 Å². The van der Waals surface area contributed by atoms with Crippen LogP contribution in [0.25, 0.3) is 22.0 Å². The van der Waals surface area contributed by atoms with Crippen LogP contribution in [-0.2, 0) is 13.1 Å². The van der Waals surface area contributed by atoms with E-state index in [1.807, 2.05) is 58.8 Å². The smallest absolute Gasteiger partial charge is 0.234 e. The number of pyridine rings is 1. The number of thiophene rings is 1. The fourth-order valence-corrected chi connectivity index (χ4v) is 5.19. The van der Waals surface area contributed by atoms with Crippen LogP contribution in [-0.4, -0.2) is 30.4 Å². The van der Waals surface area contributed by atoms with E-state index in [4.69, 9.17) is 5.10 Å². The van der Waals surface area contributed by atoms with E-state index in [0.29, 0.717) is 11.5 Å². The van der Waals surface area contributed by atoms with Crippen LogP contribution >= 0.6 is 11.3 Å². The van der Waals surface area contributed by atoms with Crippen LogP contribution in [0.15, 0.2) is 54.3 Å². The van der Waals surface area contributed by atoms with Gasteiger partial charge in [-0.3, -0.25) is 9.36 Å². The number of aldehydes is 1. The van der Waals surface area contributed by atoms with Gasteiger partial charge in [0.2, 0.25) is 5.95 Å². The van der Waals surface area contributed by atoms with E-state index in [1.165, 1.54) is 11.1 Å². The van der Waals surface area contributed by atoms with Gasteiger partial charge in [0.25, 0.3) is 0 Å². The third kappa shape index (κ3) is 2.95. The van der Waals surface area contributed by atoms with Crippen LogP contribution in [0.1, 0.15) is 32.9 Å². The van der Waals surface area contributed by atoms with Crippen LogP contribution in [0, 0.1) is 13.8 Å². The topological polar surface area (TPSA) is 68.3 Å². The Labute approximate surface area is 188 Å². The molecule has 0 spiro atoms. The Morgan fingerprint density at radius 2 is 1.78 bits per heavy atom. The maximum absolute atomic E-state index is 12.1. The molecule has 6 heterocycles. The van der Waals surface area contributed by atoms with Crippen molar-refractivity contribution in [1.82, 2.24) is 24.1 Å². The minimum absolute atomic E-state index is 0.633. The number of carbonyl (C=O) groups is 1. The highest BCUT2D eigenvalue weighted by Crippen LogP contribution is 2.36. The van der Waals surface area contributed by atoms with Crippen molar-refractivity contribution < 1.29 is 4.79 Å². The van der Waals surface area contributed by atoms with Gasteiger partial charge >= 0.3 is 0 Å². The van der Waals surface area contributed by atoms with E-state index < -0.39 is 0 Å². The SMILES string of the molecule is Cc1cc(C)nc(-n2cc3c(c2)CN(c2cccn4nc(-c5cccs5)c(C=O)c24)C3)n1. The number of aromatic nitrogens is 5. The van der Waals surface area contributed by atoms with Crippen LogP contribution < -0.4 is 4.90 Å². The van der Waals surface area contributed by atoms with Crippen LogP contribution in [0.3, 0.4) is 0 Å². The summed E-state index contributed by atoms with van der Waals surface area (Å²) in [5, 5.41) is 6.71. The molecule has 5 aromatic heterocycles. The number of anilines is 1. The zero-order valence-corrected chi connectivity index (χ0v) is 18.5. The van der Waals surface area contributed by atoms with E-state index >= 15 is 0 Å². The van der Waals surface area contributed by atoms with E-state index in [0.717, 1.165) is 52.5 Å². The fourth-order valence-electron chi connectivity index (χ4n) is 4.47. The highest BCUT2D eigenvalue weighted by atomic mass is 32.1. The van der Waals surface area contributed by atoms with Crippen molar-refractivity contribution in [3.8, 4) is 16.5 Å². The van der Waals surface area contributed by atoms with E-state index in [-0.39, 0.29) is 0 Å². The highest BCUT2D eigenvalue weighted by Gasteiger charge is 2.26. The lowest BCUT2D eigenvalue weighted by molar-refractivity contribution is 0.112. The van der Waals surface area contributed by atoms with Gasteiger partial charge in [-0.05, 0) is 54.6 Å². The molecule has 32 heavy (non-hydrogen) atoms. The summed E-state index contributed by atoms with van der Waals surface area (Å²) in [6.07, 6.45) is 7.04. The Bertz CT molecular complexity index is 1440. The molecule has 0 aliphatic carbocycles. The molecule has 0 aromatic carbocycles. The molecule has 0 amide bonds. The second kappa shape index (κ2) is 7.13. The Morgan fingerprint density at radius 1 is 1.03 bits per heavy atom. The van der Waals surface area contributed by atoms with Gasteiger partial charge in [0.05, 0.1) is 16.1 Å². The molecule has 0 unspecified atom stereocenters. The van der Waals surface area contributed by atoms with Crippen LogP contribution in [0.4, 0.5) is 5.69 Å². The van der Waals surface area contributed by atoms with Gasteiger partial charge in [-0.15, -0.1) is 11.3 Å². The van der Waals surface area contributed by atoms with Crippen molar-refractivity contribution in [3.63, 3.8) is 0 Å². The van der Waals surface area contributed by atoms with E-state index in [2.05, 4.69) is 33.3 Å². The van der Waals surface area contributed by atoms with Gasteiger partial charge < -0.3 is 4.90 Å². The lowest BCUT2D eigenvalue weighted by Crippen LogP contribution is -2.16. The van der Waals surface area contributed by atoms with Gasteiger partial charge in [-0.1, -0.05) is 6.07 Å². The molecular weight excluding hydrogens is 420 g/mol. The molecule has 0 bridgehead atoms. The molecule has 0 saturated heterocycles. The number of rotatable bonds is 4.